The second kappa shape index (κ2) is 6.36. The van der Waals surface area contributed by atoms with Gasteiger partial charge in [-0.15, -0.1) is 0 Å². The zero-order chi connectivity index (χ0) is 13.0. The topological polar surface area (TPSA) is 27.3 Å². The molecular weight excluding hydrogens is 222 g/mol. The van der Waals surface area contributed by atoms with Crippen LogP contribution in [-0.4, -0.2) is 51.2 Å². The fourth-order valence-electron chi connectivity index (χ4n) is 3.41. The average molecular weight is 253 g/mol. The van der Waals surface area contributed by atoms with E-state index < -0.39 is 0 Å². The van der Waals surface area contributed by atoms with E-state index in [0.29, 0.717) is 5.41 Å². The molecule has 0 saturated carbocycles. The van der Waals surface area contributed by atoms with Gasteiger partial charge in [-0.3, -0.25) is 0 Å². The van der Waals surface area contributed by atoms with Crippen LogP contribution in [-0.2, 0) is 0 Å². The van der Waals surface area contributed by atoms with Crippen LogP contribution in [0.4, 0.5) is 0 Å². The third-order valence-electron chi connectivity index (χ3n) is 4.91. The van der Waals surface area contributed by atoms with E-state index in [1.807, 2.05) is 0 Å². The van der Waals surface area contributed by atoms with Crippen molar-refractivity contribution in [3.63, 3.8) is 0 Å². The molecule has 0 aromatic heterocycles. The third-order valence-corrected chi connectivity index (χ3v) is 4.91. The Kier molecular flexibility index (Phi) is 5.05. The third kappa shape index (κ3) is 3.94. The zero-order valence-electron chi connectivity index (χ0n) is 12.5. The van der Waals surface area contributed by atoms with Crippen LogP contribution in [0, 0.1) is 17.3 Å². The van der Waals surface area contributed by atoms with E-state index in [1.54, 1.807) is 0 Å². The lowest BCUT2D eigenvalue weighted by atomic mass is 9.78. The molecule has 0 spiro atoms. The van der Waals surface area contributed by atoms with Gasteiger partial charge in [-0.25, -0.2) is 0 Å². The van der Waals surface area contributed by atoms with Crippen LogP contribution in [0.2, 0.25) is 0 Å². The van der Waals surface area contributed by atoms with Crippen LogP contribution < -0.4 is 10.6 Å². The minimum Gasteiger partial charge on any atom is -0.316 e. The molecule has 2 aliphatic heterocycles. The molecule has 0 aromatic carbocycles. The summed E-state index contributed by atoms with van der Waals surface area (Å²) in [6, 6.07) is 0. The quantitative estimate of drug-likeness (QED) is 0.778. The number of nitrogens with zero attached hydrogens (tertiary/aromatic N) is 1. The molecule has 0 bridgehead atoms. The standard InChI is InChI=1S/C15H31N3/c1-15(2,14-6-8-18(3)11-14)12-17-10-13-5-4-7-16-9-13/h13-14,16-17H,4-12H2,1-3H3. The molecule has 2 atom stereocenters. The van der Waals surface area contributed by atoms with Crippen LogP contribution >= 0.6 is 0 Å². The fraction of sp³-hybridized carbons (Fsp3) is 1.00. The van der Waals surface area contributed by atoms with Gasteiger partial charge < -0.3 is 15.5 Å². The molecule has 0 radical (unpaired) electrons. The maximum atomic E-state index is 3.73. The second-order valence-corrected chi connectivity index (χ2v) is 7.08. The Bertz CT molecular complexity index is 246. The lowest BCUT2D eigenvalue weighted by Gasteiger charge is -2.33. The van der Waals surface area contributed by atoms with Crippen LogP contribution in [0.15, 0.2) is 0 Å². The largest absolute Gasteiger partial charge is 0.316 e. The highest BCUT2D eigenvalue weighted by atomic mass is 15.1. The highest BCUT2D eigenvalue weighted by Gasteiger charge is 2.33. The molecule has 106 valence electrons. The van der Waals surface area contributed by atoms with Crippen LogP contribution in [0.1, 0.15) is 33.1 Å². The second-order valence-electron chi connectivity index (χ2n) is 7.08. The van der Waals surface area contributed by atoms with Gasteiger partial charge >= 0.3 is 0 Å². The van der Waals surface area contributed by atoms with Gasteiger partial charge in [0.1, 0.15) is 0 Å². The maximum Gasteiger partial charge on any atom is 0.00127 e. The number of piperidine rings is 1. The van der Waals surface area contributed by atoms with Gasteiger partial charge in [0.05, 0.1) is 0 Å². The summed E-state index contributed by atoms with van der Waals surface area (Å²) >= 11 is 0. The van der Waals surface area contributed by atoms with Crippen molar-refractivity contribution in [1.82, 2.24) is 15.5 Å². The van der Waals surface area contributed by atoms with Gasteiger partial charge in [-0.05, 0) is 69.7 Å². The first-order valence-corrected chi connectivity index (χ1v) is 7.68. The highest BCUT2D eigenvalue weighted by Crippen LogP contribution is 2.33. The predicted octanol–water partition coefficient (Wildman–Crippen LogP) is 1.55. The summed E-state index contributed by atoms with van der Waals surface area (Å²) in [4.78, 5) is 2.47. The van der Waals surface area contributed by atoms with Crippen molar-refractivity contribution in [3.05, 3.63) is 0 Å². The van der Waals surface area contributed by atoms with Crippen molar-refractivity contribution < 1.29 is 0 Å². The molecular formula is C15H31N3. The number of hydrogen-bond donors (Lipinski definition) is 2. The SMILES string of the molecule is CN1CCC(C(C)(C)CNCC2CCCNC2)C1. The maximum absolute atomic E-state index is 3.73. The van der Waals surface area contributed by atoms with Crippen molar-refractivity contribution in [2.75, 3.05) is 46.3 Å². The summed E-state index contributed by atoms with van der Waals surface area (Å²) in [6.45, 7) is 12.2. The fourth-order valence-corrected chi connectivity index (χ4v) is 3.41. The predicted molar refractivity (Wildman–Crippen MR) is 77.8 cm³/mol. The van der Waals surface area contributed by atoms with E-state index >= 15 is 0 Å². The summed E-state index contributed by atoms with van der Waals surface area (Å²) in [6.07, 6.45) is 4.12. The van der Waals surface area contributed by atoms with Crippen LogP contribution in [0.25, 0.3) is 0 Å². The van der Waals surface area contributed by atoms with Gasteiger partial charge in [-0.2, -0.15) is 0 Å². The molecule has 0 aromatic rings. The van der Waals surface area contributed by atoms with Gasteiger partial charge in [0.15, 0.2) is 0 Å². The van der Waals surface area contributed by atoms with Crippen molar-refractivity contribution in [2.24, 2.45) is 17.3 Å². The molecule has 2 unspecified atom stereocenters. The summed E-state index contributed by atoms with van der Waals surface area (Å²) in [7, 11) is 2.25. The Morgan fingerprint density at radius 1 is 1.33 bits per heavy atom. The van der Waals surface area contributed by atoms with E-state index in [-0.39, 0.29) is 0 Å². The van der Waals surface area contributed by atoms with Crippen LogP contribution in [0.3, 0.4) is 0 Å². The van der Waals surface area contributed by atoms with Gasteiger partial charge in [0, 0.05) is 13.1 Å². The Hall–Kier alpha value is -0.120. The smallest absolute Gasteiger partial charge is 0.00127 e. The summed E-state index contributed by atoms with van der Waals surface area (Å²) in [5.74, 6) is 1.71. The van der Waals surface area contributed by atoms with E-state index in [4.69, 9.17) is 0 Å². The van der Waals surface area contributed by atoms with E-state index in [0.717, 1.165) is 11.8 Å². The molecule has 2 N–H and O–H groups in total. The van der Waals surface area contributed by atoms with Gasteiger partial charge in [0.2, 0.25) is 0 Å². The molecule has 2 aliphatic rings. The number of nitrogens with one attached hydrogen (secondary N) is 2. The molecule has 2 rings (SSSR count). The first kappa shape index (κ1) is 14.3. The molecule has 2 saturated heterocycles. The van der Waals surface area contributed by atoms with Gasteiger partial charge in [-0.1, -0.05) is 13.8 Å². The van der Waals surface area contributed by atoms with Crippen molar-refractivity contribution in [3.8, 4) is 0 Å². The Labute approximate surface area is 113 Å². The average Bonchev–Trinajstić information content (AvgIpc) is 2.78. The molecule has 3 nitrogen and oxygen atoms in total. The summed E-state index contributed by atoms with van der Waals surface area (Å²) < 4.78 is 0. The lowest BCUT2D eigenvalue weighted by molar-refractivity contribution is 0.200. The Morgan fingerprint density at radius 3 is 2.78 bits per heavy atom. The van der Waals surface area contributed by atoms with E-state index in [9.17, 15) is 0 Å². The van der Waals surface area contributed by atoms with E-state index in [2.05, 4.69) is 36.4 Å². The monoisotopic (exact) mass is 253 g/mol. The van der Waals surface area contributed by atoms with E-state index in [1.165, 1.54) is 58.5 Å². The normalized spacial score (nSPS) is 30.8. The first-order valence-electron chi connectivity index (χ1n) is 7.68. The number of hydrogen-bond acceptors (Lipinski definition) is 3. The molecule has 3 heteroatoms. The van der Waals surface area contributed by atoms with Crippen molar-refractivity contribution in [1.29, 1.82) is 0 Å². The molecule has 2 fully saturated rings. The van der Waals surface area contributed by atoms with Crippen molar-refractivity contribution in [2.45, 2.75) is 33.1 Å². The van der Waals surface area contributed by atoms with Gasteiger partial charge in [0.25, 0.3) is 0 Å². The highest BCUT2D eigenvalue weighted by molar-refractivity contribution is 4.87. The molecule has 0 aliphatic carbocycles. The Balaban J connectivity index is 1.68. The lowest BCUT2D eigenvalue weighted by Crippen LogP contribution is -2.41. The summed E-state index contributed by atoms with van der Waals surface area (Å²) in [5, 5.41) is 7.23. The zero-order valence-corrected chi connectivity index (χ0v) is 12.5. The first-order chi connectivity index (χ1) is 8.58. The van der Waals surface area contributed by atoms with Crippen LogP contribution in [0.5, 0.6) is 0 Å². The summed E-state index contributed by atoms with van der Waals surface area (Å²) in [5.41, 5.74) is 0.437. The molecule has 0 amide bonds. The number of likely N-dealkylation sites (tertiary alicyclic amines) is 1. The molecule has 18 heavy (non-hydrogen) atoms. The van der Waals surface area contributed by atoms with Crippen molar-refractivity contribution >= 4 is 0 Å². The minimum atomic E-state index is 0.437. The number of rotatable bonds is 5. The minimum absolute atomic E-state index is 0.437. The molecule has 2 heterocycles. The Morgan fingerprint density at radius 2 is 2.17 bits per heavy atom.